The van der Waals surface area contributed by atoms with Gasteiger partial charge in [-0.3, -0.25) is 0 Å². The fourth-order valence-electron chi connectivity index (χ4n) is 0.821. The van der Waals surface area contributed by atoms with Gasteiger partial charge in [0.05, 0.1) is 12.7 Å². The number of aliphatic hydroxyl groups is 1. The van der Waals surface area contributed by atoms with Crippen LogP contribution in [0.15, 0.2) is 0 Å². The molecule has 0 unspecified atom stereocenters. The zero-order valence-electron chi connectivity index (χ0n) is 7.42. The molecule has 2 atom stereocenters. The molecule has 0 aliphatic carbocycles. The van der Waals surface area contributed by atoms with Crippen molar-refractivity contribution in [2.75, 3.05) is 6.61 Å². The predicted octanol–water partition coefficient (Wildman–Crippen LogP) is 1.05. The summed E-state index contributed by atoms with van der Waals surface area (Å²) in [6.07, 6.45) is -2.21. The Bertz CT molecular complexity index is 138. The molecule has 0 aromatic heterocycles. The molecule has 0 aliphatic rings. The Morgan fingerprint density at radius 1 is 1.58 bits per heavy atom. The maximum atomic E-state index is 12.8. The quantitative estimate of drug-likeness (QED) is 0.640. The minimum atomic E-state index is -1.90. The molecule has 0 saturated heterocycles. The fraction of sp³-hybridized carbons (Fsp3) is 0.875. The number of carbonyl (C=O) groups is 1. The van der Waals surface area contributed by atoms with E-state index in [4.69, 9.17) is 5.11 Å². The van der Waals surface area contributed by atoms with Gasteiger partial charge >= 0.3 is 5.97 Å². The zero-order valence-corrected chi connectivity index (χ0v) is 7.42. The number of hydrogen-bond acceptors (Lipinski definition) is 3. The molecule has 72 valence electrons. The summed E-state index contributed by atoms with van der Waals surface area (Å²) < 4.78 is 17.2. The Hall–Kier alpha value is -0.640. The minimum Gasteiger partial charge on any atom is -0.464 e. The van der Waals surface area contributed by atoms with Gasteiger partial charge < -0.3 is 9.84 Å². The molecule has 0 radical (unpaired) electrons. The average molecular weight is 178 g/mol. The highest BCUT2D eigenvalue weighted by Crippen LogP contribution is 2.07. The summed E-state index contributed by atoms with van der Waals surface area (Å²) in [4.78, 5) is 10.7. The fourth-order valence-corrected chi connectivity index (χ4v) is 0.821. The molecule has 0 bridgehead atoms. The summed E-state index contributed by atoms with van der Waals surface area (Å²) in [5.41, 5.74) is 0. The van der Waals surface area contributed by atoms with Crippen LogP contribution in [0.3, 0.4) is 0 Å². The average Bonchev–Trinajstić information content (AvgIpc) is 2.04. The summed E-state index contributed by atoms with van der Waals surface area (Å²) in [7, 11) is 0. The number of rotatable bonds is 5. The van der Waals surface area contributed by atoms with Crippen molar-refractivity contribution in [1.29, 1.82) is 0 Å². The van der Waals surface area contributed by atoms with Crippen molar-refractivity contribution in [3.8, 4) is 0 Å². The van der Waals surface area contributed by atoms with E-state index in [1.807, 2.05) is 0 Å². The van der Waals surface area contributed by atoms with Crippen LogP contribution >= 0.6 is 0 Å². The number of halogens is 1. The SMILES string of the molecule is CCC[C@@H](O)[C@@H](F)C(=O)OCC. The summed E-state index contributed by atoms with van der Waals surface area (Å²) in [5, 5.41) is 9.04. The molecular weight excluding hydrogens is 163 g/mol. The van der Waals surface area contributed by atoms with E-state index in [1.165, 1.54) is 0 Å². The summed E-state index contributed by atoms with van der Waals surface area (Å²) >= 11 is 0. The molecule has 12 heavy (non-hydrogen) atoms. The third-order valence-electron chi connectivity index (χ3n) is 1.43. The highest BCUT2D eigenvalue weighted by molar-refractivity contribution is 5.75. The summed E-state index contributed by atoms with van der Waals surface area (Å²) in [5.74, 6) is -0.974. The van der Waals surface area contributed by atoms with Gasteiger partial charge in [0, 0.05) is 0 Å². The lowest BCUT2D eigenvalue weighted by atomic mass is 10.1. The monoisotopic (exact) mass is 178 g/mol. The second-order valence-electron chi connectivity index (χ2n) is 2.51. The van der Waals surface area contributed by atoms with Crippen LogP contribution in [0.2, 0.25) is 0 Å². The Labute approximate surface area is 71.5 Å². The topological polar surface area (TPSA) is 46.5 Å². The minimum absolute atomic E-state index is 0.137. The van der Waals surface area contributed by atoms with Crippen LogP contribution in [0.5, 0.6) is 0 Å². The van der Waals surface area contributed by atoms with Gasteiger partial charge in [0.1, 0.15) is 0 Å². The van der Waals surface area contributed by atoms with Crippen LogP contribution in [0.25, 0.3) is 0 Å². The molecule has 0 spiro atoms. The number of ether oxygens (including phenoxy) is 1. The molecule has 0 saturated carbocycles. The first-order chi connectivity index (χ1) is 5.63. The van der Waals surface area contributed by atoms with Crippen molar-refractivity contribution in [3.63, 3.8) is 0 Å². The van der Waals surface area contributed by atoms with E-state index in [-0.39, 0.29) is 13.0 Å². The van der Waals surface area contributed by atoms with Crippen LogP contribution in [0.1, 0.15) is 26.7 Å². The smallest absolute Gasteiger partial charge is 0.343 e. The van der Waals surface area contributed by atoms with Gasteiger partial charge in [0.2, 0.25) is 6.17 Å². The van der Waals surface area contributed by atoms with Crippen molar-refractivity contribution < 1.29 is 19.0 Å². The van der Waals surface area contributed by atoms with E-state index in [0.717, 1.165) is 0 Å². The summed E-state index contributed by atoms with van der Waals surface area (Å²) in [6.45, 7) is 3.54. The van der Waals surface area contributed by atoms with Gasteiger partial charge in [-0.2, -0.15) is 0 Å². The van der Waals surface area contributed by atoms with Crippen LogP contribution in [0.4, 0.5) is 4.39 Å². The van der Waals surface area contributed by atoms with Crippen molar-refractivity contribution in [3.05, 3.63) is 0 Å². The standard InChI is InChI=1S/C8H15FO3/c1-3-5-6(10)7(9)8(11)12-4-2/h6-7,10H,3-5H2,1-2H3/t6-,7-/m1/s1. The first-order valence-electron chi connectivity index (χ1n) is 4.12. The first kappa shape index (κ1) is 11.4. The molecule has 0 heterocycles. The molecule has 1 N–H and O–H groups in total. The molecule has 0 rings (SSSR count). The highest BCUT2D eigenvalue weighted by Gasteiger charge is 2.26. The van der Waals surface area contributed by atoms with Crippen LogP contribution in [-0.2, 0) is 9.53 Å². The third kappa shape index (κ3) is 3.67. The second kappa shape index (κ2) is 5.94. The normalized spacial score (nSPS) is 15.3. The Balaban J connectivity index is 3.82. The zero-order chi connectivity index (χ0) is 9.56. The molecule has 4 heteroatoms. The van der Waals surface area contributed by atoms with Crippen molar-refractivity contribution in [2.24, 2.45) is 0 Å². The van der Waals surface area contributed by atoms with E-state index in [1.54, 1.807) is 13.8 Å². The van der Waals surface area contributed by atoms with Gasteiger partial charge in [-0.15, -0.1) is 0 Å². The van der Waals surface area contributed by atoms with E-state index in [2.05, 4.69) is 4.74 Å². The number of aliphatic hydroxyl groups excluding tert-OH is 1. The number of esters is 1. The molecular formula is C8H15FO3. The van der Waals surface area contributed by atoms with E-state index < -0.39 is 18.2 Å². The Morgan fingerprint density at radius 3 is 2.58 bits per heavy atom. The maximum absolute atomic E-state index is 12.8. The number of alkyl halides is 1. The Morgan fingerprint density at radius 2 is 2.17 bits per heavy atom. The third-order valence-corrected chi connectivity index (χ3v) is 1.43. The van der Waals surface area contributed by atoms with E-state index >= 15 is 0 Å². The molecule has 0 amide bonds. The van der Waals surface area contributed by atoms with Gasteiger partial charge in [0.25, 0.3) is 0 Å². The van der Waals surface area contributed by atoms with Gasteiger partial charge in [-0.25, -0.2) is 9.18 Å². The van der Waals surface area contributed by atoms with Crippen molar-refractivity contribution in [1.82, 2.24) is 0 Å². The van der Waals surface area contributed by atoms with Crippen LogP contribution in [-0.4, -0.2) is 30.0 Å². The van der Waals surface area contributed by atoms with Crippen LogP contribution in [0, 0.1) is 0 Å². The molecule has 0 fully saturated rings. The lowest BCUT2D eigenvalue weighted by Crippen LogP contribution is -2.31. The second-order valence-corrected chi connectivity index (χ2v) is 2.51. The Kier molecular flexibility index (Phi) is 5.62. The number of hydrogen-bond donors (Lipinski definition) is 1. The first-order valence-corrected chi connectivity index (χ1v) is 4.12. The number of carbonyl (C=O) groups excluding carboxylic acids is 1. The van der Waals surface area contributed by atoms with E-state index in [0.29, 0.717) is 6.42 Å². The summed E-state index contributed by atoms with van der Waals surface area (Å²) in [6, 6.07) is 0. The van der Waals surface area contributed by atoms with E-state index in [9.17, 15) is 9.18 Å². The highest BCUT2D eigenvalue weighted by atomic mass is 19.1. The molecule has 0 aliphatic heterocycles. The molecule has 0 aromatic rings. The molecule has 3 nitrogen and oxygen atoms in total. The largest absolute Gasteiger partial charge is 0.464 e. The van der Waals surface area contributed by atoms with Gasteiger partial charge in [-0.1, -0.05) is 13.3 Å². The maximum Gasteiger partial charge on any atom is 0.343 e. The van der Waals surface area contributed by atoms with Crippen molar-refractivity contribution in [2.45, 2.75) is 39.0 Å². The molecule has 0 aromatic carbocycles. The lowest BCUT2D eigenvalue weighted by Gasteiger charge is -2.12. The van der Waals surface area contributed by atoms with Gasteiger partial charge in [-0.05, 0) is 13.3 Å². The van der Waals surface area contributed by atoms with Gasteiger partial charge in [0.15, 0.2) is 0 Å². The lowest BCUT2D eigenvalue weighted by molar-refractivity contribution is -0.153. The predicted molar refractivity (Wildman–Crippen MR) is 42.4 cm³/mol. The van der Waals surface area contributed by atoms with Crippen molar-refractivity contribution >= 4 is 5.97 Å². The van der Waals surface area contributed by atoms with Crippen LogP contribution < -0.4 is 0 Å².